The number of benzene rings is 2. The molecule has 1 aromatic heterocycles. The van der Waals surface area contributed by atoms with E-state index in [9.17, 15) is 23.1 Å². The molecule has 0 bridgehead atoms. The van der Waals surface area contributed by atoms with Crippen LogP contribution in [-0.4, -0.2) is 27.4 Å². The average molecular weight is 628 g/mol. The Morgan fingerprint density at radius 1 is 1.07 bits per heavy atom. The molecule has 1 aliphatic rings. The van der Waals surface area contributed by atoms with E-state index in [1.807, 2.05) is 47.9 Å². The van der Waals surface area contributed by atoms with Crippen LogP contribution in [0.1, 0.15) is 55.2 Å². The molecule has 0 radical (unpaired) electrons. The molecule has 0 aliphatic heterocycles. The number of carbonyl (C=O) groups is 1. The molecule has 0 fully saturated rings. The first-order valence-electron chi connectivity index (χ1n) is 13.2. The van der Waals surface area contributed by atoms with Crippen LogP contribution in [0.2, 0.25) is 0 Å². The highest BCUT2D eigenvalue weighted by Crippen LogP contribution is 2.41. The lowest BCUT2D eigenvalue weighted by atomic mass is 9.87. The summed E-state index contributed by atoms with van der Waals surface area (Å²) in [5.41, 5.74) is 0.434. The lowest BCUT2D eigenvalue weighted by molar-refractivity contribution is -0.157. The maximum atomic E-state index is 13.0. The Labute approximate surface area is 251 Å². The van der Waals surface area contributed by atoms with Crippen molar-refractivity contribution >= 4 is 40.5 Å². The van der Waals surface area contributed by atoms with Crippen molar-refractivity contribution < 1.29 is 32.5 Å². The summed E-state index contributed by atoms with van der Waals surface area (Å²) in [5.74, 6) is -0.719. The van der Waals surface area contributed by atoms with Gasteiger partial charge in [-0.05, 0) is 85.4 Å². The maximum absolute atomic E-state index is 13.0. The zero-order valence-electron chi connectivity index (χ0n) is 22.5. The molecule has 4 rings (SSSR count). The van der Waals surface area contributed by atoms with Crippen molar-refractivity contribution in [2.45, 2.75) is 68.4 Å². The van der Waals surface area contributed by atoms with Crippen LogP contribution in [0.4, 0.5) is 13.2 Å². The molecular formula is C31H31Cl2F3O4S. The Balaban J connectivity index is 1.48. The Morgan fingerprint density at radius 3 is 2.39 bits per heavy atom. The first-order valence-corrected chi connectivity index (χ1v) is 14.9. The molecule has 1 N–H and O–H groups in total. The van der Waals surface area contributed by atoms with Gasteiger partial charge in [-0.1, -0.05) is 42.5 Å². The van der Waals surface area contributed by atoms with Crippen molar-refractivity contribution in [1.82, 2.24) is 0 Å². The van der Waals surface area contributed by atoms with E-state index in [2.05, 4.69) is 0 Å². The third-order valence-electron chi connectivity index (χ3n) is 7.09. The first-order chi connectivity index (χ1) is 19.3. The van der Waals surface area contributed by atoms with Crippen molar-refractivity contribution in [2.24, 2.45) is 5.92 Å². The summed E-state index contributed by atoms with van der Waals surface area (Å²) in [5, 5.41) is 10.2. The topological polar surface area (TPSA) is 55.8 Å². The number of carboxylic acids is 1. The minimum atomic E-state index is -4.38. The van der Waals surface area contributed by atoms with Gasteiger partial charge in [0.05, 0.1) is 23.7 Å². The van der Waals surface area contributed by atoms with E-state index < -0.39 is 34.1 Å². The van der Waals surface area contributed by atoms with E-state index in [0.717, 1.165) is 28.1 Å². The van der Waals surface area contributed by atoms with Gasteiger partial charge in [0.1, 0.15) is 11.1 Å². The summed E-state index contributed by atoms with van der Waals surface area (Å²) in [6.45, 7) is 3.32. The monoisotopic (exact) mass is 626 g/mol. The predicted molar refractivity (Wildman–Crippen MR) is 156 cm³/mol. The quantitative estimate of drug-likeness (QED) is 0.215. The van der Waals surface area contributed by atoms with Gasteiger partial charge in [-0.25, -0.2) is 4.79 Å². The molecule has 1 aliphatic carbocycles. The number of aliphatic carboxylic acids is 1. The van der Waals surface area contributed by atoms with E-state index >= 15 is 0 Å². The first kappa shape index (κ1) is 31.4. The Morgan fingerprint density at radius 2 is 1.76 bits per heavy atom. The van der Waals surface area contributed by atoms with E-state index in [4.69, 9.17) is 32.7 Å². The van der Waals surface area contributed by atoms with Crippen LogP contribution < -0.4 is 0 Å². The van der Waals surface area contributed by atoms with Gasteiger partial charge >= 0.3 is 12.1 Å². The molecule has 0 saturated carbocycles. The van der Waals surface area contributed by atoms with Gasteiger partial charge in [0.25, 0.3) is 0 Å². The highest BCUT2D eigenvalue weighted by atomic mass is 35.5. The number of carboxylic acid groups (broad SMARTS) is 1. The number of hydrogen-bond acceptors (Lipinski definition) is 4. The average Bonchev–Trinajstić information content (AvgIpc) is 3.42. The third-order valence-corrected chi connectivity index (χ3v) is 9.34. The molecule has 3 aromatic rings. The number of rotatable bonds is 11. The summed E-state index contributed by atoms with van der Waals surface area (Å²) in [6.07, 6.45) is -0.925. The molecule has 0 spiro atoms. The highest BCUT2D eigenvalue weighted by Gasteiger charge is 2.38. The van der Waals surface area contributed by atoms with Crippen LogP contribution in [0, 0.1) is 5.92 Å². The zero-order valence-corrected chi connectivity index (χ0v) is 24.9. The molecule has 4 atom stereocenters. The second kappa shape index (κ2) is 13.2. The Hall–Kier alpha value is -2.52. The van der Waals surface area contributed by atoms with E-state index in [1.165, 1.54) is 37.3 Å². The summed E-state index contributed by atoms with van der Waals surface area (Å²) in [7, 11) is 0. The van der Waals surface area contributed by atoms with Gasteiger partial charge in [-0.2, -0.15) is 13.2 Å². The standard InChI is InChI=1S/C31H31Cl2F3O4S/c1-30(2,29(37)38)40-25-15-11-21(27(32)28(25)33)10-14-24(39-17-19-6-4-3-5-7-19)26-16-22(18-41-26)20-8-12-23(13-9-20)31(34,35)36/h3-9,12-13,15-16,18,21,24,27-28H,10-11,14,17H2,1-2H3,(H,37,38). The lowest BCUT2D eigenvalue weighted by Crippen LogP contribution is -2.39. The van der Waals surface area contributed by atoms with Gasteiger partial charge in [0, 0.05) is 4.88 Å². The second-order valence-corrected chi connectivity index (χ2v) is 12.5. The summed E-state index contributed by atoms with van der Waals surface area (Å²) in [4.78, 5) is 12.4. The van der Waals surface area contributed by atoms with Crippen LogP contribution in [0.25, 0.3) is 11.1 Å². The summed E-state index contributed by atoms with van der Waals surface area (Å²) >= 11 is 14.9. The van der Waals surface area contributed by atoms with E-state index in [1.54, 1.807) is 0 Å². The Kier molecular flexibility index (Phi) is 10.1. The highest BCUT2D eigenvalue weighted by molar-refractivity contribution is 7.10. The molecule has 41 heavy (non-hydrogen) atoms. The number of alkyl halides is 5. The molecule has 4 nitrogen and oxygen atoms in total. The zero-order chi connectivity index (χ0) is 29.8. The normalized spacial score (nSPS) is 20.4. The van der Waals surface area contributed by atoms with Crippen LogP contribution in [0.15, 0.2) is 77.9 Å². The smallest absolute Gasteiger partial charge is 0.416 e. The fourth-order valence-electron chi connectivity index (χ4n) is 4.59. The number of thiophene rings is 1. The van der Waals surface area contributed by atoms with Crippen molar-refractivity contribution in [1.29, 1.82) is 0 Å². The fourth-order valence-corrected chi connectivity index (χ4v) is 6.28. The molecule has 0 amide bonds. The Bertz CT molecular complexity index is 1340. The van der Waals surface area contributed by atoms with Gasteiger partial charge in [-0.15, -0.1) is 34.5 Å². The van der Waals surface area contributed by atoms with Crippen molar-refractivity contribution in [3.63, 3.8) is 0 Å². The lowest BCUT2D eigenvalue weighted by Gasteiger charge is -2.34. The molecule has 1 heterocycles. The van der Waals surface area contributed by atoms with Crippen LogP contribution in [-0.2, 0) is 27.1 Å². The van der Waals surface area contributed by atoms with Crippen LogP contribution in [0.3, 0.4) is 0 Å². The molecular weight excluding hydrogens is 596 g/mol. The fraction of sp³-hybridized carbons (Fsp3) is 0.387. The van der Waals surface area contributed by atoms with Crippen LogP contribution in [0.5, 0.6) is 0 Å². The van der Waals surface area contributed by atoms with Gasteiger partial charge in [0.15, 0.2) is 5.60 Å². The number of halogens is 5. The van der Waals surface area contributed by atoms with Gasteiger partial charge in [-0.3, -0.25) is 0 Å². The molecule has 2 aromatic carbocycles. The largest absolute Gasteiger partial charge is 0.479 e. The number of hydrogen-bond donors (Lipinski definition) is 1. The van der Waals surface area contributed by atoms with Gasteiger partial charge in [0.2, 0.25) is 0 Å². The van der Waals surface area contributed by atoms with Crippen molar-refractivity contribution in [2.75, 3.05) is 0 Å². The molecule has 10 heteroatoms. The van der Waals surface area contributed by atoms with Crippen LogP contribution >= 0.6 is 34.5 Å². The number of allylic oxidation sites excluding steroid dienone is 2. The third kappa shape index (κ3) is 8.07. The maximum Gasteiger partial charge on any atom is 0.416 e. The number of ether oxygens (including phenoxy) is 2. The minimum Gasteiger partial charge on any atom is -0.479 e. The molecule has 220 valence electrons. The van der Waals surface area contributed by atoms with Crippen molar-refractivity contribution in [3.05, 3.63) is 93.9 Å². The summed E-state index contributed by atoms with van der Waals surface area (Å²) < 4.78 is 51.1. The predicted octanol–water partition coefficient (Wildman–Crippen LogP) is 9.47. The van der Waals surface area contributed by atoms with Gasteiger partial charge < -0.3 is 14.6 Å². The minimum absolute atomic E-state index is 0.0108. The second-order valence-electron chi connectivity index (χ2n) is 10.5. The van der Waals surface area contributed by atoms with E-state index in [-0.39, 0.29) is 12.0 Å². The molecule has 0 saturated heterocycles. The SMILES string of the molecule is CC(C)(OC1=CCC(CCC(OCc2ccccc2)c2cc(-c3ccc(C(F)(F)F)cc3)cs2)C(Cl)C1Cl)C(=O)O. The van der Waals surface area contributed by atoms with E-state index in [0.29, 0.717) is 37.2 Å². The summed E-state index contributed by atoms with van der Waals surface area (Å²) in [6, 6.07) is 16.9. The van der Waals surface area contributed by atoms with Crippen molar-refractivity contribution in [3.8, 4) is 11.1 Å². The molecule has 4 unspecified atom stereocenters.